The van der Waals surface area contributed by atoms with Crippen LogP contribution in [0.4, 0.5) is 0 Å². The average molecular weight is 285 g/mol. The molecule has 0 N–H and O–H groups in total. The number of Topliss-reactive ketones (excluding diaryl/α,β-unsaturated/α-hetero) is 1. The van der Waals surface area contributed by atoms with Crippen molar-refractivity contribution in [2.75, 3.05) is 12.4 Å². The predicted octanol–water partition coefficient (Wildman–Crippen LogP) is 3.49. The molecule has 1 aromatic heterocycles. The summed E-state index contributed by atoms with van der Waals surface area (Å²) in [4.78, 5) is 11.6. The number of methoxy groups -OCH3 is 1. The Hall–Kier alpha value is -0.870. The Morgan fingerprint density at radius 1 is 1.47 bits per heavy atom. The Morgan fingerprint density at radius 2 is 2.27 bits per heavy atom. The van der Waals surface area contributed by atoms with Crippen molar-refractivity contribution in [2.45, 2.75) is 0 Å². The Bertz CT molecular complexity index is 504. The van der Waals surface area contributed by atoms with Crippen molar-refractivity contribution in [1.29, 1.82) is 0 Å². The zero-order chi connectivity index (χ0) is 10.8. The molecule has 0 amide bonds. The third-order valence-electron chi connectivity index (χ3n) is 2.22. The molecule has 0 saturated carbocycles. The first-order valence-electron chi connectivity index (χ1n) is 4.41. The van der Waals surface area contributed by atoms with Gasteiger partial charge in [-0.25, -0.2) is 0 Å². The highest BCUT2D eigenvalue weighted by Gasteiger charge is 2.12. The lowest BCUT2D eigenvalue weighted by molar-refractivity contribution is 0.102. The molecular weight excluding hydrogens is 276 g/mol. The van der Waals surface area contributed by atoms with Crippen LogP contribution in [0.2, 0.25) is 0 Å². The van der Waals surface area contributed by atoms with Gasteiger partial charge in [0.1, 0.15) is 5.75 Å². The van der Waals surface area contributed by atoms with Crippen LogP contribution in [0.3, 0.4) is 0 Å². The standard InChI is InChI=1S/C11H9BrO2S/c1-14-10-3-2-7(9(13)6-12)11-8(10)4-5-15-11/h2-5H,6H2,1H3. The Balaban J connectivity index is 2.68. The third-order valence-corrected chi connectivity index (χ3v) is 3.68. The van der Waals surface area contributed by atoms with Crippen molar-refractivity contribution in [3.63, 3.8) is 0 Å². The smallest absolute Gasteiger partial charge is 0.174 e. The van der Waals surface area contributed by atoms with E-state index in [4.69, 9.17) is 4.74 Å². The molecule has 78 valence electrons. The van der Waals surface area contributed by atoms with Gasteiger partial charge in [-0.15, -0.1) is 11.3 Å². The SMILES string of the molecule is COc1ccc(C(=O)CBr)c2sccc12. The number of carbonyl (C=O) groups excluding carboxylic acids is 1. The molecule has 0 atom stereocenters. The van der Waals surface area contributed by atoms with Crippen LogP contribution in [0, 0.1) is 0 Å². The molecule has 0 fully saturated rings. The monoisotopic (exact) mass is 284 g/mol. The third kappa shape index (κ3) is 1.79. The summed E-state index contributed by atoms with van der Waals surface area (Å²) in [7, 11) is 1.64. The van der Waals surface area contributed by atoms with Crippen LogP contribution in [0.25, 0.3) is 10.1 Å². The van der Waals surface area contributed by atoms with Crippen LogP contribution in [0.1, 0.15) is 10.4 Å². The van der Waals surface area contributed by atoms with Gasteiger partial charge in [0, 0.05) is 15.6 Å². The minimum absolute atomic E-state index is 0.102. The van der Waals surface area contributed by atoms with E-state index < -0.39 is 0 Å². The molecule has 2 rings (SSSR count). The molecule has 1 aromatic carbocycles. The molecule has 0 saturated heterocycles. The topological polar surface area (TPSA) is 26.3 Å². The van der Waals surface area contributed by atoms with Crippen LogP contribution in [-0.2, 0) is 0 Å². The highest BCUT2D eigenvalue weighted by Crippen LogP contribution is 2.32. The van der Waals surface area contributed by atoms with Gasteiger partial charge in [-0.2, -0.15) is 0 Å². The summed E-state index contributed by atoms with van der Waals surface area (Å²) in [5, 5.41) is 3.33. The number of fused-ring (bicyclic) bond motifs is 1. The number of benzene rings is 1. The summed E-state index contributed by atoms with van der Waals surface area (Å²) in [5.74, 6) is 0.919. The van der Waals surface area contributed by atoms with Gasteiger partial charge in [0.15, 0.2) is 5.78 Å². The van der Waals surface area contributed by atoms with E-state index in [9.17, 15) is 4.79 Å². The van der Waals surface area contributed by atoms with Gasteiger partial charge in [-0.3, -0.25) is 4.79 Å². The molecular formula is C11H9BrO2S. The number of ether oxygens (including phenoxy) is 1. The molecule has 1 heterocycles. The van der Waals surface area contributed by atoms with Gasteiger partial charge < -0.3 is 4.74 Å². The largest absolute Gasteiger partial charge is 0.496 e. The van der Waals surface area contributed by atoms with E-state index >= 15 is 0 Å². The summed E-state index contributed by atoms with van der Waals surface area (Å²) < 4.78 is 6.24. The number of halogens is 1. The lowest BCUT2D eigenvalue weighted by Crippen LogP contribution is -2.00. The molecule has 0 aliphatic carbocycles. The summed E-state index contributed by atoms with van der Waals surface area (Å²) in [6.45, 7) is 0. The number of carbonyl (C=O) groups is 1. The molecule has 15 heavy (non-hydrogen) atoms. The van der Waals surface area contributed by atoms with E-state index in [1.54, 1.807) is 18.4 Å². The van der Waals surface area contributed by atoms with E-state index in [0.29, 0.717) is 5.33 Å². The molecule has 0 radical (unpaired) electrons. The molecule has 0 aliphatic rings. The maximum Gasteiger partial charge on any atom is 0.174 e. The first kappa shape index (κ1) is 10.6. The summed E-state index contributed by atoms with van der Waals surface area (Å²) in [5.41, 5.74) is 0.762. The number of hydrogen-bond donors (Lipinski definition) is 0. The number of ketones is 1. The maximum atomic E-state index is 11.6. The maximum absolute atomic E-state index is 11.6. The Labute approximate surface area is 100.0 Å². The van der Waals surface area contributed by atoms with Crippen molar-refractivity contribution >= 4 is 43.1 Å². The normalized spacial score (nSPS) is 10.5. The quantitative estimate of drug-likeness (QED) is 0.637. The minimum Gasteiger partial charge on any atom is -0.496 e. The molecule has 0 aliphatic heterocycles. The minimum atomic E-state index is 0.102. The fourth-order valence-electron chi connectivity index (χ4n) is 1.51. The lowest BCUT2D eigenvalue weighted by Gasteiger charge is -2.04. The molecule has 4 heteroatoms. The summed E-state index contributed by atoms with van der Waals surface area (Å²) in [6, 6.07) is 5.63. The van der Waals surface area contributed by atoms with E-state index in [-0.39, 0.29) is 5.78 Å². The van der Waals surface area contributed by atoms with Crippen molar-refractivity contribution in [3.05, 3.63) is 29.1 Å². The number of thiophene rings is 1. The van der Waals surface area contributed by atoms with E-state index in [1.165, 1.54) is 0 Å². The Kier molecular flexibility index (Phi) is 3.07. The first-order valence-corrected chi connectivity index (χ1v) is 6.41. The van der Waals surface area contributed by atoms with Crippen molar-refractivity contribution < 1.29 is 9.53 Å². The number of hydrogen-bond acceptors (Lipinski definition) is 3. The van der Waals surface area contributed by atoms with Crippen LogP contribution in [0.5, 0.6) is 5.75 Å². The molecule has 0 unspecified atom stereocenters. The fourth-order valence-corrected chi connectivity index (χ4v) is 2.75. The fraction of sp³-hybridized carbons (Fsp3) is 0.182. The van der Waals surface area contributed by atoms with Gasteiger partial charge in [0.25, 0.3) is 0 Å². The van der Waals surface area contributed by atoms with Crippen LogP contribution in [-0.4, -0.2) is 18.2 Å². The van der Waals surface area contributed by atoms with Crippen LogP contribution >= 0.6 is 27.3 Å². The predicted molar refractivity (Wildman–Crippen MR) is 66.5 cm³/mol. The van der Waals surface area contributed by atoms with Gasteiger partial charge in [-0.05, 0) is 23.6 Å². The van der Waals surface area contributed by atoms with E-state index in [1.807, 2.05) is 23.6 Å². The second-order valence-corrected chi connectivity index (χ2v) is 4.51. The summed E-state index contributed by atoms with van der Waals surface area (Å²) >= 11 is 4.75. The molecule has 2 nitrogen and oxygen atoms in total. The van der Waals surface area contributed by atoms with Gasteiger partial charge >= 0.3 is 0 Å². The molecule has 0 bridgehead atoms. The molecule has 2 aromatic rings. The highest BCUT2D eigenvalue weighted by molar-refractivity contribution is 9.09. The second-order valence-electron chi connectivity index (χ2n) is 3.04. The van der Waals surface area contributed by atoms with Crippen molar-refractivity contribution in [1.82, 2.24) is 0 Å². The van der Waals surface area contributed by atoms with Crippen LogP contribution in [0.15, 0.2) is 23.6 Å². The Morgan fingerprint density at radius 3 is 2.93 bits per heavy atom. The number of alkyl halides is 1. The lowest BCUT2D eigenvalue weighted by atomic mass is 10.1. The molecule has 0 spiro atoms. The van der Waals surface area contributed by atoms with E-state index in [0.717, 1.165) is 21.4 Å². The van der Waals surface area contributed by atoms with Crippen LogP contribution < -0.4 is 4.74 Å². The second kappa shape index (κ2) is 4.33. The zero-order valence-electron chi connectivity index (χ0n) is 8.12. The van der Waals surface area contributed by atoms with E-state index in [2.05, 4.69) is 15.9 Å². The average Bonchev–Trinajstić information content (AvgIpc) is 2.75. The van der Waals surface area contributed by atoms with Gasteiger partial charge in [0.2, 0.25) is 0 Å². The van der Waals surface area contributed by atoms with Gasteiger partial charge in [0.05, 0.1) is 12.4 Å². The van der Waals surface area contributed by atoms with Gasteiger partial charge in [-0.1, -0.05) is 15.9 Å². The van der Waals surface area contributed by atoms with Crippen molar-refractivity contribution in [3.8, 4) is 5.75 Å². The zero-order valence-corrected chi connectivity index (χ0v) is 10.5. The summed E-state index contributed by atoms with van der Waals surface area (Å²) in [6.07, 6.45) is 0. The van der Waals surface area contributed by atoms with Crippen molar-refractivity contribution in [2.24, 2.45) is 0 Å². The number of rotatable bonds is 3. The highest BCUT2D eigenvalue weighted by atomic mass is 79.9. The first-order chi connectivity index (χ1) is 7.27.